The number of ether oxygens (including phenoxy) is 2. The first-order valence-corrected chi connectivity index (χ1v) is 7.94. The molecule has 25 heavy (non-hydrogen) atoms. The van der Waals surface area contributed by atoms with E-state index in [9.17, 15) is 9.59 Å². The fourth-order valence-electron chi connectivity index (χ4n) is 2.22. The molecule has 0 aliphatic heterocycles. The lowest BCUT2D eigenvalue weighted by molar-refractivity contribution is -0.120. The van der Waals surface area contributed by atoms with Gasteiger partial charge in [0.1, 0.15) is 11.5 Å². The molecular weight excluding hydrogens is 322 g/mol. The Balaban J connectivity index is 1.66. The van der Waals surface area contributed by atoms with Gasteiger partial charge in [-0.2, -0.15) is 0 Å². The highest BCUT2D eigenvalue weighted by molar-refractivity contribution is 5.88. The zero-order valence-electron chi connectivity index (χ0n) is 14.0. The molecule has 2 aromatic rings. The van der Waals surface area contributed by atoms with Gasteiger partial charge in [-0.25, -0.2) is 4.79 Å². The fraction of sp³-hybridized carbons (Fsp3) is 0.263. The maximum atomic E-state index is 11.9. The van der Waals surface area contributed by atoms with Crippen LogP contribution in [0, 0.1) is 0 Å². The van der Waals surface area contributed by atoms with E-state index in [-0.39, 0.29) is 17.9 Å². The molecule has 0 atom stereocenters. The summed E-state index contributed by atoms with van der Waals surface area (Å²) in [5, 5.41) is 11.7. The quantitative estimate of drug-likeness (QED) is 0.684. The standard InChI is InChI=1S/C19H21NO5/c1-24-16-6-8-17(9-7-16)25-11-3-10-20-18(21)13-14-4-2-5-15(12-14)19(22)23/h2,4-9,12H,3,10-11,13H2,1H3,(H,20,21)(H,22,23). The molecule has 6 nitrogen and oxygen atoms in total. The van der Waals surface area contributed by atoms with E-state index in [1.165, 1.54) is 12.1 Å². The summed E-state index contributed by atoms with van der Waals surface area (Å²) in [6, 6.07) is 13.7. The van der Waals surface area contributed by atoms with Crippen molar-refractivity contribution in [3.05, 3.63) is 59.7 Å². The number of amides is 1. The van der Waals surface area contributed by atoms with Crippen molar-refractivity contribution in [2.75, 3.05) is 20.3 Å². The summed E-state index contributed by atoms with van der Waals surface area (Å²) < 4.78 is 10.6. The first-order chi connectivity index (χ1) is 12.1. The molecule has 2 N–H and O–H groups in total. The van der Waals surface area contributed by atoms with Crippen molar-refractivity contribution in [3.63, 3.8) is 0 Å². The number of hydrogen-bond acceptors (Lipinski definition) is 4. The Morgan fingerprint density at radius 2 is 1.80 bits per heavy atom. The minimum absolute atomic E-state index is 0.146. The molecule has 132 valence electrons. The third-order valence-electron chi connectivity index (χ3n) is 3.51. The van der Waals surface area contributed by atoms with Gasteiger partial charge in [0.05, 0.1) is 25.7 Å². The van der Waals surface area contributed by atoms with Crippen LogP contribution in [0.15, 0.2) is 48.5 Å². The van der Waals surface area contributed by atoms with E-state index in [1.807, 2.05) is 24.3 Å². The summed E-state index contributed by atoms with van der Waals surface area (Å²) >= 11 is 0. The molecule has 1 amide bonds. The normalized spacial score (nSPS) is 10.1. The predicted octanol–water partition coefficient (Wildman–Crippen LogP) is 2.52. The molecular formula is C19H21NO5. The summed E-state index contributed by atoms with van der Waals surface area (Å²) in [7, 11) is 1.61. The van der Waals surface area contributed by atoms with Gasteiger partial charge in [-0.15, -0.1) is 0 Å². The second-order valence-electron chi connectivity index (χ2n) is 5.41. The Morgan fingerprint density at radius 1 is 1.08 bits per heavy atom. The van der Waals surface area contributed by atoms with Crippen LogP contribution in [0.2, 0.25) is 0 Å². The Kier molecular flexibility index (Phi) is 6.83. The van der Waals surface area contributed by atoms with Crippen LogP contribution in [-0.2, 0) is 11.2 Å². The molecule has 0 heterocycles. The Labute approximate surface area is 146 Å². The van der Waals surface area contributed by atoms with Gasteiger partial charge in [0.2, 0.25) is 5.91 Å². The summed E-state index contributed by atoms with van der Waals surface area (Å²) in [5.41, 5.74) is 0.852. The fourth-order valence-corrected chi connectivity index (χ4v) is 2.22. The Hall–Kier alpha value is -3.02. The number of aromatic carboxylic acids is 1. The molecule has 0 aliphatic rings. The maximum Gasteiger partial charge on any atom is 0.335 e. The average Bonchev–Trinajstić information content (AvgIpc) is 2.62. The van der Waals surface area contributed by atoms with Gasteiger partial charge in [0, 0.05) is 6.54 Å². The Bertz CT molecular complexity index is 712. The van der Waals surface area contributed by atoms with Gasteiger partial charge in [0.25, 0.3) is 0 Å². The molecule has 0 unspecified atom stereocenters. The third-order valence-corrected chi connectivity index (χ3v) is 3.51. The first kappa shape index (κ1) is 18.3. The van der Waals surface area contributed by atoms with E-state index in [2.05, 4.69) is 5.32 Å². The molecule has 0 radical (unpaired) electrons. The zero-order valence-corrected chi connectivity index (χ0v) is 14.0. The highest BCUT2D eigenvalue weighted by Crippen LogP contribution is 2.16. The number of carbonyl (C=O) groups excluding carboxylic acids is 1. The highest BCUT2D eigenvalue weighted by atomic mass is 16.5. The van der Waals surface area contributed by atoms with Crippen molar-refractivity contribution in [3.8, 4) is 11.5 Å². The second kappa shape index (κ2) is 9.32. The molecule has 0 saturated carbocycles. The number of hydrogen-bond donors (Lipinski definition) is 2. The lowest BCUT2D eigenvalue weighted by Gasteiger charge is -2.08. The van der Waals surface area contributed by atoms with Crippen molar-refractivity contribution < 1.29 is 24.2 Å². The molecule has 6 heteroatoms. The van der Waals surface area contributed by atoms with Crippen LogP contribution in [0.3, 0.4) is 0 Å². The van der Waals surface area contributed by atoms with Crippen LogP contribution in [0.4, 0.5) is 0 Å². The van der Waals surface area contributed by atoms with Crippen molar-refractivity contribution >= 4 is 11.9 Å². The summed E-state index contributed by atoms with van der Waals surface area (Å²) in [4.78, 5) is 22.8. The minimum Gasteiger partial charge on any atom is -0.497 e. The molecule has 0 fully saturated rings. The summed E-state index contributed by atoms with van der Waals surface area (Å²) in [6.07, 6.45) is 0.827. The second-order valence-corrected chi connectivity index (χ2v) is 5.41. The van der Waals surface area contributed by atoms with E-state index in [0.29, 0.717) is 25.1 Å². The molecule has 0 spiro atoms. The zero-order chi connectivity index (χ0) is 18.1. The lowest BCUT2D eigenvalue weighted by atomic mass is 10.1. The number of carbonyl (C=O) groups is 2. The topological polar surface area (TPSA) is 84.9 Å². The number of carboxylic acids is 1. The molecule has 2 aromatic carbocycles. The van der Waals surface area contributed by atoms with Crippen LogP contribution in [-0.4, -0.2) is 37.2 Å². The largest absolute Gasteiger partial charge is 0.497 e. The van der Waals surface area contributed by atoms with E-state index in [0.717, 1.165) is 11.5 Å². The van der Waals surface area contributed by atoms with Gasteiger partial charge < -0.3 is 19.9 Å². The maximum absolute atomic E-state index is 11.9. The van der Waals surface area contributed by atoms with Crippen LogP contribution < -0.4 is 14.8 Å². The van der Waals surface area contributed by atoms with Crippen molar-refractivity contribution in [2.45, 2.75) is 12.8 Å². The SMILES string of the molecule is COc1ccc(OCCCNC(=O)Cc2cccc(C(=O)O)c2)cc1. The summed E-state index contributed by atoms with van der Waals surface area (Å²) in [5.74, 6) is 0.370. The number of nitrogens with one attached hydrogen (secondary N) is 1. The van der Waals surface area contributed by atoms with E-state index in [1.54, 1.807) is 19.2 Å². The van der Waals surface area contributed by atoms with Crippen LogP contribution in [0.25, 0.3) is 0 Å². The molecule has 0 aromatic heterocycles. The van der Waals surface area contributed by atoms with Crippen molar-refractivity contribution in [2.24, 2.45) is 0 Å². The molecule has 2 rings (SSSR count). The molecule has 0 saturated heterocycles. The monoisotopic (exact) mass is 343 g/mol. The van der Waals surface area contributed by atoms with Gasteiger partial charge >= 0.3 is 5.97 Å². The number of benzene rings is 2. The first-order valence-electron chi connectivity index (χ1n) is 7.94. The van der Waals surface area contributed by atoms with Gasteiger partial charge in [-0.1, -0.05) is 12.1 Å². The number of methoxy groups -OCH3 is 1. The predicted molar refractivity (Wildman–Crippen MR) is 93.2 cm³/mol. The van der Waals surface area contributed by atoms with E-state index < -0.39 is 5.97 Å². The lowest BCUT2D eigenvalue weighted by Crippen LogP contribution is -2.27. The van der Waals surface area contributed by atoms with Crippen molar-refractivity contribution in [1.82, 2.24) is 5.32 Å². The van der Waals surface area contributed by atoms with E-state index >= 15 is 0 Å². The van der Waals surface area contributed by atoms with E-state index in [4.69, 9.17) is 14.6 Å². The van der Waals surface area contributed by atoms with Gasteiger partial charge in [-0.05, 0) is 48.4 Å². The highest BCUT2D eigenvalue weighted by Gasteiger charge is 2.07. The van der Waals surface area contributed by atoms with Crippen molar-refractivity contribution in [1.29, 1.82) is 0 Å². The smallest absolute Gasteiger partial charge is 0.335 e. The Morgan fingerprint density at radius 3 is 2.48 bits per heavy atom. The average molecular weight is 343 g/mol. The number of rotatable bonds is 9. The van der Waals surface area contributed by atoms with Crippen LogP contribution >= 0.6 is 0 Å². The van der Waals surface area contributed by atoms with Gasteiger partial charge in [-0.3, -0.25) is 4.79 Å². The summed E-state index contributed by atoms with van der Waals surface area (Å²) in [6.45, 7) is 0.981. The van der Waals surface area contributed by atoms with Gasteiger partial charge in [0.15, 0.2) is 0 Å². The minimum atomic E-state index is -1.00. The van der Waals surface area contributed by atoms with Crippen LogP contribution in [0.5, 0.6) is 11.5 Å². The van der Waals surface area contributed by atoms with Crippen LogP contribution in [0.1, 0.15) is 22.3 Å². The molecule has 0 bridgehead atoms. The third kappa shape index (κ3) is 6.18. The number of carboxylic acid groups (broad SMARTS) is 1. The molecule has 0 aliphatic carbocycles.